The number of anilines is 1. The second kappa shape index (κ2) is 5.53. The fourth-order valence-electron chi connectivity index (χ4n) is 2.64. The minimum Gasteiger partial charge on any atom is -0.316 e. The van der Waals surface area contributed by atoms with Crippen LogP contribution in [0.1, 0.15) is 24.0 Å². The first kappa shape index (κ1) is 13.1. The number of piperidine rings is 1. The lowest BCUT2D eigenvalue weighted by Gasteiger charge is -2.28. The molecule has 0 bridgehead atoms. The van der Waals surface area contributed by atoms with Crippen LogP contribution < -0.4 is 10.2 Å². The molecule has 1 aromatic rings. The zero-order valence-corrected chi connectivity index (χ0v) is 11.5. The van der Waals surface area contributed by atoms with Crippen LogP contribution in [0, 0.1) is 19.8 Å². The van der Waals surface area contributed by atoms with Crippen LogP contribution >= 0.6 is 0 Å². The van der Waals surface area contributed by atoms with E-state index in [0.717, 1.165) is 37.2 Å². The molecule has 0 unspecified atom stereocenters. The average molecular weight is 246 g/mol. The second-order valence-electron chi connectivity index (χ2n) is 5.23. The summed E-state index contributed by atoms with van der Waals surface area (Å²) in [6.07, 6.45) is 2.10. The highest BCUT2D eigenvalue weighted by atomic mass is 16.2. The van der Waals surface area contributed by atoms with Gasteiger partial charge in [-0.25, -0.2) is 0 Å². The highest BCUT2D eigenvalue weighted by Gasteiger charge is 2.25. The summed E-state index contributed by atoms with van der Waals surface area (Å²) in [5, 5.41) is 3.30. The molecule has 0 saturated carbocycles. The summed E-state index contributed by atoms with van der Waals surface area (Å²) in [6.45, 7) is 5.99. The van der Waals surface area contributed by atoms with Gasteiger partial charge in [0.1, 0.15) is 0 Å². The Balaban J connectivity index is 2.14. The van der Waals surface area contributed by atoms with Gasteiger partial charge in [0.15, 0.2) is 0 Å². The summed E-state index contributed by atoms with van der Waals surface area (Å²) in [5.41, 5.74) is 3.42. The van der Waals surface area contributed by atoms with Crippen LogP contribution in [0.4, 0.5) is 5.69 Å². The normalized spacial score (nSPS) is 19.6. The third kappa shape index (κ3) is 2.72. The summed E-state index contributed by atoms with van der Waals surface area (Å²) >= 11 is 0. The van der Waals surface area contributed by atoms with E-state index in [9.17, 15) is 4.79 Å². The van der Waals surface area contributed by atoms with Gasteiger partial charge in [-0.2, -0.15) is 0 Å². The van der Waals surface area contributed by atoms with Gasteiger partial charge >= 0.3 is 0 Å². The third-order valence-corrected chi connectivity index (χ3v) is 3.69. The third-order valence-electron chi connectivity index (χ3n) is 3.69. The number of hydrogen-bond acceptors (Lipinski definition) is 2. The Hall–Kier alpha value is -1.35. The van der Waals surface area contributed by atoms with Crippen molar-refractivity contribution in [2.24, 2.45) is 5.92 Å². The Morgan fingerprint density at radius 3 is 2.78 bits per heavy atom. The molecule has 1 aromatic carbocycles. The Morgan fingerprint density at radius 1 is 1.39 bits per heavy atom. The van der Waals surface area contributed by atoms with E-state index in [4.69, 9.17) is 0 Å². The Bertz CT molecular complexity index is 436. The van der Waals surface area contributed by atoms with Gasteiger partial charge in [0, 0.05) is 19.3 Å². The molecule has 1 N–H and O–H groups in total. The van der Waals surface area contributed by atoms with Gasteiger partial charge in [-0.1, -0.05) is 17.7 Å². The van der Waals surface area contributed by atoms with E-state index in [2.05, 4.69) is 31.3 Å². The quantitative estimate of drug-likeness (QED) is 0.868. The van der Waals surface area contributed by atoms with Gasteiger partial charge in [0.2, 0.25) is 5.91 Å². The summed E-state index contributed by atoms with van der Waals surface area (Å²) < 4.78 is 0. The van der Waals surface area contributed by atoms with Crippen molar-refractivity contribution in [3.05, 3.63) is 29.3 Å². The predicted molar refractivity (Wildman–Crippen MR) is 74.9 cm³/mol. The Labute approximate surface area is 109 Å². The zero-order valence-electron chi connectivity index (χ0n) is 11.5. The van der Waals surface area contributed by atoms with Crippen molar-refractivity contribution in [1.29, 1.82) is 0 Å². The van der Waals surface area contributed by atoms with Crippen LogP contribution in [0.15, 0.2) is 18.2 Å². The van der Waals surface area contributed by atoms with Crippen molar-refractivity contribution in [1.82, 2.24) is 5.32 Å². The highest BCUT2D eigenvalue weighted by Crippen LogP contribution is 2.23. The maximum atomic E-state index is 12.4. The van der Waals surface area contributed by atoms with Crippen molar-refractivity contribution in [3.8, 4) is 0 Å². The standard InChI is InChI=1S/C15H22N2O/c1-11-6-7-14(12(2)9-11)17(3)15(18)13-5-4-8-16-10-13/h6-7,9,13,16H,4-5,8,10H2,1-3H3/t13-/m1/s1. The molecule has 1 atom stereocenters. The number of rotatable bonds is 2. The lowest BCUT2D eigenvalue weighted by molar-refractivity contribution is -0.122. The number of nitrogens with one attached hydrogen (secondary N) is 1. The molecule has 0 spiro atoms. The number of hydrogen-bond donors (Lipinski definition) is 1. The lowest BCUT2D eigenvalue weighted by Crippen LogP contribution is -2.41. The molecular weight excluding hydrogens is 224 g/mol. The number of amides is 1. The van der Waals surface area contributed by atoms with E-state index in [-0.39, 0.29) is 11.8 Å². The van der Waals surface area contributed by atoms with Gasteiger partial charge in [0.25, 0.3) is 0 Å². The van der Waals surface area contributed by atoms with E-state index >= 15 is 0 Å². The maximum absolute atomic E-state index is 12.4. The van der Waals surface area contributed by atoms with E-state index in [1.807, 2.05) is 18.0 Å². The smallest absolute Gasteiger partial charge is 0.231 e. The van der Waals surface area contributed by atoms with Gasteiger partial charge in [-0.3, -0.25) is 4.79 Å². The zero-order chi connectivity index (χ0) is 13.1. The first-order chi connectivity index (χ1) is 8.59. The fourth-order valence-corrected chi connectivity index (χ4v) is 2.64. The molecule has 98 valence electrons. The Morgan fingerprint density at radius 2 is 2.17 bits per heavy atom. The summed E-state index contributed by atoms with van der Waals surface area (Å²) in [4.78, 5) is 14.2. The van der Waals surface area contributed by atoms with Crippen LogP contribution in [-0.4, -0.2) is 26.0 Å². The van der Waals surface area contributed by atoms with Gasteiger partial charge < -0.3 is 10.2 Å². The molecule has 0 radical (unpaired) electrons. The molecule has 1 heterocycles. The largest absolute Gasteiger partial charge is 0.316 e. The van der Waals surface area contributed by atoms with Gasteiger partial charge in [0.05, 0.1) is 5.92 Å². The molecule has 18 heavy (non-hydrogen) atoms. The van der Waals surface area contributed by atoms with Crippen LogP contribution in [0.3, 0.4) is 0 Å². The number of carbonyl (C=O) groups is 1. The molecular formula is C15H22N2O. The molecule has 2 rings (SSSR count). The van der Waals surface area contributed by atoms with Crippen molar-refractivity contribution >= 4 is 11.6 Å². The van der Waals surface area contributed by atoms with Crippen LogP contribution in [-0.2, 0) is 4.79 Å². The average Bonchev–Trinajstić information content (AvgIpc) is 2.38. The lowest BCUT2D eigenvalue weighted by atomic mass is 9.97. The summed E-state index contributed by atoms with van der Waals surface area (Å²) in [6, 6.07) is 6.22. The number of benzene rings is 1. The number of nitrogens with zero attached hydrogens (tertiary/aromatic N) is 1. The minimum atomic E-state index is 0.129. The molecule has 1 aliphatic rings. The highest BCUT2D eigenvalue weighted by molar-refractivity contribution is 5.95. The second-order valence-corrected chi connectivity index (χ2v) is 5.23. The topological polar surface area (TPSA) is 32.3 Å². The molecule has 1 aliphatic heterocycles. The van der Waals surface area contributed by atoms with E-state index in [1.165, 1.54) is 5.56 Å². The van der Waals surface area contributed by atoms with Crippen molar-refractivity contribution in [3.63, 3.8) is 0 Å². The molecule has 1 fully saturated rings. The first-order valence-electron chi connectivity index (χ1n) is 6.65. The molecule has 1 amide bonds. The molecule has 0 aliphatic carbocycles. The molecule has 1 saturated heterocycles. The van der Waals surface area contributed by atoms with E-state index < -0.39 is 0 Å². The van der Waals surface area contributed by atoms with Crippen LogP contribution in [0.5, 0.6) is 0 Å². The van der Waals surface area contributed by atoms with E-state index in [1.54, 1.807) is 0 Å². The molecule has 3 heteroatoms. The first-order valence-corrected chi connectivity index (χ1v) is 6.65. The van der Waals surface area contributed by atoms with Crippen molar-refractivity contribution in [2.45, 2.75) is 26.7 Å². The van der Waals surface area contributed by atoms with Crippen molar-refractivity contribution in [2.75, 3.05) is 25.0 Å². The van der Waals surface area contributed by atoms with Crippen LogP contribution in [0.2, 0.25) is 0 Å². The number of carbonyl (C=O) groups excluding carboxylic acids is 1. The molecule has 3 nitrogen and oxygen atoms in total. The summed E-state index contributed by atoms with van der Waals surface area (Å²) in [7, 11) is 1.88. The minimum absolute atomic E-state index is 0.129. The maximum Gasteiger partial charge on any atom is 0.231 e. The fraction of sp³-hybridized carbons (Fsp3) is 0.533. The summed E-state index contributed by atoms with van der Waals surface area (Å²) in [5.74, 6) is 0.360. The van der Waals surface area contributed by atoms with Crippen LogP contribution in [0.25, 0.3) is 0 Å². The number of aryl methyl sites for hydroxylation is 2. The SMILES string of the molecule is Cc1ccc(N(C)C(=O)[C@@H]2CCCNC2)c(C)c1. The predicted octanol–water partition coefficient (Wildman–Crippen LogP) is 2.27. The van der Waals surface area contributed by atoms with Gasteiger partial charge in [-0.15, -0.1) is 0 Å². The van der Waals surface area contributed by atoms with E-state index in [0.29, 0.717) is 0 Å². The van der Waals surface area contributed by atoms with Gasteiger partial charge in [-0.05, 0) is 44.9 Å². The Kier molecular flexibility index (Phi) is 4.02. The van der Waals surface area contributed by atoms with Crippen molar-refractivity contribution < 1.29 is 4.79 Å². The molecule has 0 aromatic heterocycles. The monoisotopic (exact) mass is 246 g/mol.